The molecule has 4 nitrogen and oxygen atoms in total. The third-order valence-electron chi connectivity index (χ3n) is 2.16. The average Bonchev–Trinajstić information content (AvgIpc) is 2.79. The highest BCUT2D eigenvalue weighted by atomic mass is 15.4. The molecule has 2 heterocycles. The van der Waals surface area contributed by atoms with Gasteiger partial charge in [-0.15, -0.1) is 10.2 Å². The van der Waals surface area contributed by atoms with E-state index in [1.54, 1.807) is 0 Å². The van der Waals surface area contributed by atoms with Gasteiger partial charge in [-0.1, -0.05) is 30.3 Å². The van der Waals surface area contributed by atoms with Crippen molar-refractivity contribution in [3.05, 3.63) is 42.6 Å². The van der Waals surface area contributed by atoms with Gasteiger partial charge in [0.15, 0.2) is 11.5 Å². The van der Waals surface area contributed by atoms with Crippen molar-refractivity contribution in [2.24, 2.45) is 0 Å². The van der Waals surface area contributed by atoms with Gasteiger partial charge in [0.25, 0.3) is 0 Å². The maximum Gasteiger partial charge on any atom is 0.183 e. The summed E-state index contributed by atoms with van der Waals surface area (Å²) >= 11 is 0. The zero-order chi connectivity index (χ0) is 9.38. The second-order valence-corrected chi connectivity index (χ2v) is 3.05. The molecule has 0 bridgehead atoms. The molecule has 1 N–H and O–H groups in total. The lowest BCUT2D eigenvalue weighted by atomic mass is 10.2. The minimum absolute atomic E-state index is 0.837. The fraction of sp³-hybridized carbons (Fsp3) is 0. The van der Waals surface area contributed by atoms with Crippen molar-refractivity contribution in [1.82, 2.24) is 19.8 Å². The van der Waals surface area contributed by atoms with Crippen molar-refractivity contribution < 1.29 is 0 Å². The van der Waals surface area contributed by atoms with E-state index in [9.17, 15) is 0 Å². The van der Waals surface area contributed by atoms with Crippen LogP contribution in [0.15, 0.2) is 42.6 Å². The van der Waals surface area contributed by atoms with Crippen LogP contribution < -0.4 is 0 Å². The monoisotopic (exact) mass is 184 g/mol. The number of hydrogen-bond acceptors (Lipinski definition) is 2. The topological polar surface area (TPSA) is 46.0 Å². The largest absolute Gasteiger partial charge is 0.298 e. The maximum atomic E-state index is 4.11. The molecular weight excluding hydrogens is 176 g/mol. The first-order valence-corrected chi connectivity index (χ1v) is 4.39. The minimum Gasteiger partial charge on any atom is -0.298 e. The van der Waals surface area contributed by atoms with Gasteiger partial charge in [-0.2, -0.15) is 0 Å². The van der Waals surface area contributed by atoms with Crippen molar-refractivity contribution in [2.75, 3.05) is 0 Å². The van der Waals surface area contributed by atoms with Crippen LogP contribution in [-0.2, 0) is 0 Å². The highest BCUT2D eigenvalue weighted by molar-refractivity contribution is 5.58. The molecule has 0 saturated heterocycles. The van der Waals surface area contributed by atoms with Crippen LogP contribution in [0.4, 0.5) is 0 Å². The quantitative estimate of drug-likeness (QED) is 0.626. The van der Waals surface area contributed by atoms with Gasteiger partial charge in [0.2, 0.25) is 0 Å². The molecule has 0 unspecified atom stereocenters. The number of H-pyrrole nitrogens is 1. The van der Waals surface area contributed by atoms with Crippen LogP contribution in [0.3, 0.4) is 0 Å². The van der Waals surface area contributed by atoms with Gasteiger partial charge in [-0.25, -0.2) is 4.52 Å². The molecule has 0 aliphatic carbocycles. The van der Waals surface area contributed by atoms with Crippen molar-refractivity contribution in [3.63, 3.8) is 0 Å². The zero-order valence-corrected chi connectivity index (χ0v) is 7.38. The normalized spacial score (nSPS) is 10.9. The summed E-state index contributed by atoms with van der Waals surface area (Å²) in [5, 5.41) is 11.2. The van der Waals surface area contributed by atoms with Gasteiger partial charge in [0.05, 0.1) is 0 Å². The molecule has 0 fully saturated rings. The number of aromatic nitrogens is 4. The van der Waals surface area contributed by atoms with Gasteiger partial charge in [-0.05, 0) is 0 Å². The van der Waals surface area contributed by atoms with E-state index >= 15 is 0 Å². The van der Waals surface area contributed by atoms with Crippen molar-refractivity contribution in [3.8, 4) is 11.4 Å². The summed E-state index contributed by atoms with van der Waals surface area (Å²) in [6.07, 6.45) is 1.84. The van der Waals surface area contributed by atoms with E-state index in [0.717, 1.165) is 17.0 Å². The molecule has 1 aromatic carbocycles. The Kier molecular flexibility index (Phi) is 1.41. The first kappa shape index (κ1) is 7.32. The van der Waals surface area contributed by atoms with E-state index in [1.807, 2.05) is 47.1 Å². The van der Waals surface area contributed by atoms with E-state index in [-0.39, 0.29) is 0 Å². The SMILES string of the molecule is c1ccc(-c2nnc3cc[nH]n23)cc1. The molecule has 0 aliphatic rings. The van der Waals surface area contributed by atoms with Crippen molar-refractivity contribution >= 4 is 5.65 Å². The number of aromatic amines is 1. The average molecular weight is 184 g/mol. The van der Waals surface area contributed by atoms with E-state index in [4.69, 9.17) is 0 Å². The Bertz CT molecular complexity index is 550. The lowest BCUT2D eigenvalue weighted by Gasteiger charge is -1.95. The molecule has 0 radical (unpaired) electrons. The van der Waals surface area contributed by atoms with E-state index in [2.05, 4.69) is 15.3 Å². The summed E-state index contributed by atoms with van der Waals surface area (Å²) in [5.41, 5.74) is 1.89. The van der Waals surface area contributed by atoms with Crippen LogP contribution in [0.2, 0.25) is 0 Å². The fourth-order valence-corrected chi connectivity index (χ4v) is 1.49. The molecule has 0 aliphatic heterocycles. The molecule has 4 heteroatoms. The van der Waals surface area contributed by atoms with Gasteiger partial charge in [-0.3, -0.25) is 5.10 Å². The van der Waals surface area contributed by atoms with Crippen LogP contribution in [-0.4, -0.2) is 19.8 Å². The summed E-state index contributed by atoms with van der Waals surface area (Å²) in [7, 11) is 0. The highest BCUT2D eigenvalue weighted by Gasteiger charge is 2.06. The number of nitrogens with zero attached hydrogens (tertiary/aromatic N) is 3. The molecule has 0 amide bonds. The van der Waals surface area contributed by atoms with Crippen LogP contribution >= 0.6 is 0 Å². The summed E-state index contributed by atoms with van der Waals surface area (Å²) in [6.45, 7) is 0. The van der Waals surface area contributed by atoms with Crippen LogP contribution in [0, 0.1) is 0 Å². The van der Waals surface area contributed by atoms with Crippen LogP contribution in [0.5, 0.6) is 0 Å². The number of nitrogens with one attached hydrogen (secondary N) is 1. The first-order valence-electron chi connectivity index (χ1n) is 4.39. The van der Waals surface area contributed by atoms with Gasteiger partial charge < -0.3 is 0 Å². The lowest BCUT2D eigenvalue weighted by Crippen LogP contribution is -1.88. The Morgan fingerprint density at radius 3 is 2.71 bits per heavy atom. The Labute approximate surface area is 80.2 Å². The summed E-state index contributed by atoms with van der Waals surface area (Å²) < 4.78 is 1.86. The molecule has 0 saturated carbocycles. The number of fused-ring (bicyclic) bond motifs is 1. The van der Waals surface area contributed by atoms with Gasteiger partial charge in [0.1, 0.15) is 0 Å². The number of rotatable bonds is 1. The molecule has 0 atom stereocenters. The highest BCUT2D eigenvalue weighted by Crippen LogP contribution is 2.16. The second-order valence-electron chi connectivity index (χ2n) is 3.05. The van der Waals surface area contributed by atoms with Gasteiger partial charge >= 0.3 is 0 Å². The lowest BCUT2D eigenvalue weighted by molar-refractivity contribution is 0.966. The fourth-order valence-electron chi connectivity index (χ4n) is 1.49. The Balaban J connectivity index is 2.28. The predicted molar refractivity (Wildman–Crippen MR) is 52.8 cm³/mol. The van der Waals surface area contributed by atoms with Crippen molar-refractivity contribution in [1.29, 1.82) is 0 Å². The third kappa shape index (κ3) is 0.939. The standard InChI is InChI=1S/C10H8N4/c1-2-4-8(5-3-1)10-13-12-9-6-7-11-14(9)10/h1-7,11H. The maximum absolute atomic E-state index is 4.11. The molecule has 0 spiro atoms. The van der Waals surface area contributed by atoms with E-state index < -0.39 is 0 Å². The van der Waals surface area contributed by atoms with Crippen LogP contribution in [0.25, 0.3) is 17.0 Å². The number of hydrogen-bond donors (Lipinski definition) is 1. The summed E-state index contributed by atoms with van der Waals surface area (Å²) in [6, 6.07) is 11.9. The Hall–Kier alpha value is -2.10. The minimum atomic E-state index is 0.837. The number of benzene rings is 1. The van der Waals surface area contributed by atoms with E-state index in [1.165, 1.54) is 0 Å². The Morgan fingerprint density at radius 2 is 1.86 bits per heavy atom. The van der Waals surface area contributed by atoms with Crippen LogP contribution in [0.1, 0.15) is 0 Å². The van der Waals surface area contributed by atoms with Crippen molar-refractivity contribution in [2.45, 2.75) is 0 Å². The third-order valence-corrected chi connectivity index (χ3v) is 2.16. The molecular formula is C10H8N4. The zero-order valence-electron chi connectivity index (χ0n) is 7.38. The molecule has 3 aromatic rings. The second kappa shape index (κ2) is 2.70. The summed E-state index contributed by atoms with van der Waals surface area (Å²) in [4.78, 5) is 0. The van der Waals surface area contributed by atoms with Gasteiger partial charge in [0, 0.05) is 17.8 Å². The summed E-state index contributed by atoms with van der Waals surface area (Å²) in [5.74, 6) is 0.839. The molecule has 14 heavy (non-hydrogen) atoms. The molecule has 2 aromatic heterocycles. The smallest absolute Gasteiger partial charge is 0.183 e. The van der Waals surface area contributed by atoms with E-state index in [0.29, 0.717) is 0 Å². The molecule has 68 valence electrons. The molecule has 3 rings (SSSR count). The first-order chi connectivity index (χ1) is 6.95. The predicted octanol–water partition coefficient (Wildman–Crippen LogP) is 1.72. The Morgan fingerprint density at radius 1 is 1.00 bits per heavy atom.